The molecule has 25 heavy (non-hydrogen) atoms. The third kappa shape index (κ3) is 4.11. The van der Waals surface area contributed by atoms with Gasteiger partial charge in [0.05, 0.1) is 11.8 Å². The van der Waals surface area contributed by atoms with E-state index in [1.807, 2.05) is 30.3 Å². The van der Waals surface area contributed by atoms with Crippen LogP contribution in [0.3, 0.4) is 0 Å². The number of carbonyl (C=O) groups excluding carboxylic acids is 2. The van der Waals surface area contributed by atoms with Gasteiger partial charge in [0.2, 0.25) is 5.91 Å². The summed E-state index contributed by atoms with van der Waals surface area (Å²) in [6, 6.07) is 11.0. The van der Waals surface area contributed by atoms with Crippen molar-refractivity contribution < 1.29 is 9.59 Å². The van der Waals surface area contributed by atoms with E-state index in [9.17, 15) is 14.4 Å². The predicted molar refractivity (Wildman–Crippen MR) is 96.6 cm³/mol. The lowest BCUT2D eigenvalue weighted by atomic mass is 9.90. The molecule has 7 heteroatoms. The van der Waals surface area contributed by atoms with Crippen molar-refractivity contribution in [3.63, 3.8) is 0 Å². The first-order valence-corrected chi connectivity index (χ1v) is 9.06. The fourth-order valence-corrected chi connectivity index (χ4v) is 3.71. The minimum absolute atomic E-state index is 0.0708. The fraction of sp³-hybridized carbons (Fsp3) is 0.278. The summed E-state index contributed by atoms with van der Waals surface area (Å²) >= 11 is 1.46. The van der Waals surface area contributed by atoms with E-state index in [1.165, 1.54) is 17.8 Å². The van der Waals surface area contributed by atoms with Crippen molar-refractivity contribution in [1.29, 1.82) is 0 Å². The van der Waals surface area contributed by atoms with Gasteiger partial charge >= 0.3 is 0 Å². The van der Waals surface area contributed by atoms with Crippen molar-refractivity contribution in [2.45, 2.75) is 30.2 Å². The normalized spacial score (nSPS) is 16.1. The van der Waals surface area contributed by atoms with E-state index >= 15 is 0 Å². The average Bonchev–Trinajstić information content (AvgIpc) is 2.60. The Labute approximate surface area is 149 Å². The van der Waals surface area contributed by atoms with Crippen LogP contribution in [-0.2, 0) is 11.2 Å². The van der Waals surface area contributed by atoms with E-state index < -0.39 is 11.5 Å². The summed E-state index contributed by atoms with van der Waals surface area (Å²) in [5, 5.41) is 3.00. The smallest absolute Gasteiger partial charge is 0.261 e. The van der Waals surface area contributed by atoms with Gasteiger partial charge in [0.1, 0.15) is 5.56 Å². The number of aromatic amines is 1. The molecule has 1 atom stereocenters. The van der Waals surface area contributed by atoms with Crippen molar-refractivity contribution in [1.82, 2.24) is 10.3 Å². The molecule has 3 rings (SSSR count). The lowest BCUT2D eigenvalue weighted by molar-refractivity contribution is -0.119. The molecule has 0 radical (unpaired) electrons. The van der Waals surface area contributed by atoms with Crippen LogP contribution in [0.5, 0.6) is 0 Å². The topological polar surface area (TPSA) is 105 Å². The molecule has 0 fully saturated rings. The lowest BCUT2D eigenvalue weighted by Gasteiger charge is -2.26. The minimum Gasteiger partial charge on any atom is -0.365 e. The highest BCUT2D eigenvalue weighted by Gasteiger charge is 2.24. The second-order valence-corrected chi connectivity index (χ2v) is 6.97. The largest absolute Gasteiger partial charge is 0.365 e. The maximum Gasteiger partial charge on any atom is 0.261 e. The van der Waals surface area contributed by atoms with Crippen molar-refractivity contribution in [2.24, 2.45) is 5.73 Å². The van der Waals surface area contributed by atoms with E-state index in [0.717, 1.165) is 35.4 Å². The third-order valence-electron chi connectivity index (χ3n) is 4.17. The number of H-pyrrole nitrogens is 1. The first kappa shape index (κ1) is 17.3. The Bertz CT molecular complexity index is 848. The molecule has 1 heterocycles. The van der Waals surface area contributed by atoms with Crippen LogP contribution in [0.2, 0.25) is 0 Å². The number of aryl methyl sites for hydroxylation is 1. The van der Waals surface area contributed by atoms with E-state index in [-0.39, 0.29) is 17.5 Å². The van der Waals surface area contributed by atoms with Crippen molar-refractivity contribution in [3.8, 4) is 0 Å². The number of primary amides is 1. The van der Waals surface area contributed by atoms with Gasteiger partial charge in [-0.15, -0.1) is 11.8 Å². The lowest BCUT2D eigenvalue weighted by Crippen LogP contribution is -2.34. The summed E-state index contributed by atoms with van der Waals surface area (Å²) in [7, 11) is 0. The summed E-state index contributed by atoms with van der Waals surface area (Å²) < 4.78 is 0. The molecular formula is C18H19N3O3S. The van der Waals surface area contributed by atoms with Gasteiger partial charge < -0.3 is 16.0 Å². The molecule has 0 saturated heterocycles. The number of amides is 2. The molecule has 2 aromatic rings. The minimum atomic E-state index is -0.765. The number of pyridine rings is 1. The van der Waals surface area contributed by atoms with Crippen molar-refractivity contribution >= 4 is 23.6 Å². The molecule has 1 aliphatic carbocycles. The van der Waals surface area contributed by atoms with Gasteiger partial charge in [-0.05, 0) is 43.0 Å². The number of thioether (sulfide) groups is 1. The number of hydrogen-bond donors (Lipinski definition) is 3. The summed E-state index contributed by atoms with van der Waals surface area (Å²) in [5.41, 5.74) is 6.25. The van der Waals surface area contributed by atoms with Crippen LogP contribution < -0.4 is 16.6 Å². The average molecular weight is 357 g/mol. The molecule has 0 spiro atoms. The zero-order valence-electron chi connectivity index (χ0n) is 13.6. The molecule has 130 valence electrons. The first-order valence-electron chi connectivity index (χ1n) is 8.07. The summed E-state index contributed by atoms with van der Waals surface area (Å²) in [6.45, 7) is 0. The first-order chi connectivity index (χ1) is 12.0. The van der Waals surface area contributed by atoms with Gasteiger partial charge in [-0.3, -0.25) is 14.4 Å². The number of benzene rings is 1. The van der Waals surface area contributed by atoms with Gasteiger partial charge in [0.25, 0.3) is 11.5 Å². The van der Waals surface area contributed by atoms with Crippen molar-refractivity contribution in [2.75, 3.05) is 5.75 Å². The Kier molecular flexibility index (Phi) is 5.23. The summed E-state index contributed by atoms with van der Waals surface area (Å²) in [6.07, 6.45) is 2.34. The number of carbonyl (C=O) groups is 2. The molecule has 2 amide bonds. The molecular weight excluding hydrogens is 338 g/mol. The SMILES string of the molecule is NC(=O)c1cc2c([nH]c1=O)CCCC2NC(=O)CSc1ccccc1. The third-order valence-corrected chi connectivity index (χ3v) is 5.18. The highest BCUT2D eigenvalue weighted by molar-refractivity contribution is 8.00. The summed E-state index contributed by atoms with van der Waals surface area (Å²) in [4.78, 5) is 39.3. The molecule has 1 aromatic carbocycles. The zero-order chi connectivity index (χ0) is 17.8. The fourth-order valence-electron chi connectivity index (χ4n) is 2.98. The number of hydrogen-bond acceptors (Lipinski definition) is 4. The van der Waals surface area contributed by atoms with Crippen LogP contribution in [-0.4, -0.2) is 22.6 Å². The Morgan fingerprint density at radius 3 is 2.76 bits per heavy atom. The monoisotopic (exact) mass is 357 g/mol. The Morgan fingerprint density at radius 1 is 1.28 bits per heavy atom. The van der Waals surface area contributed by atoms with Gasteiger partial charge in [0.15, 0.2) is 0 Å². The van der Waals surface area contributed by atoms with E-state index in [0.29, 0.717) is 5.75 Å². The van der Waals surface area contributed by atoms with Crippen LogP contribution >= 0.6 is 11.8 Å². The molecule has 1 aliphatic rings. The number of aromatic nitrogens is 1. The van der Waals surface area contributed by atoms with Gasteiger partial charge in [-0.25, -0.2) is 0 Å². The number of fused-ring (bicyclic) bond motifs is 1. The second kappa shape index (κ2) is 7.57. The molecule has 0 bridgehead atoms. The van der Waals surface area contributed by atoms with Crippen LogP contribution in [0.4, 0.5) is 0 Å². The number of nitrogens with one attached hydrogen (secondary N) is 2. The van der Waals surface area contributed by atoms with Crippen LogP contribution in [0.1, 0.15) is 40.5 Å². The standard InChI is InChI=1S/C18H19N3O3S/c19-17(23)13-9-12-14(7-4-8-15(12)21-18(13)24)20-16(22)10-25-11-5-2-1-3-6-11/h1-3,5-6,9,14H,4,7-8,10H2,(H2,19,23)(H,20,22)(H,21,24). The highest BCUT2D eigenvalue weighted by atomic mass is 32.2. The Hall–Kier alpha value is -2.54. The Morgan fingerprint density at radius 2 is 2.04 bits per heavy atom. The second-order valence-electron chi connectivity index (χ2n) is 5.92. The quantitative estimate of drug-likeness (QED) is 0.709. The molecule has 6 nitrogen and oxygen atoms in total. The van der Waals surface area contributed by atoms with Crippen molar-refractivity contribution in [3.05, 3.63) is 63.6 Å². The molecule has 0 aliphatic heterocycles. The maximum absolute atomic E-state index is 12.3. The zero-order valence-corrected chi connectivity index (χ0v) is 14.4. The maximum atomic E-state index is 12.3. The van der Waals surface area contributed by atoms with Crippen LogP contribution in [0.25, 0.3) is 0 Å². The van der Waals surface area contributed by atoms with Gasteiger partial charge in [-0.1, -0.05) is 18.2 Å². The van der Waals surface area contributed by atoms with E-state index in [4.69, 9.17) is 5.73 Å². The summed E-state index contributed by atoms with van der Waals surface area (Å²) in [5.74, 6) is -0.542. The van der Waals surface area contributed by atoms with E-state index in [2.05, 4.69) is 10.3 Å². The number of nitrogens with two attached hydrogens (primary N) is 1. The number of rotatable bonds is 5. The highest BCUT2D eigenvalue weighted by Crippen LogP contribution is 2.28. The van der Waals surface area contributed by atoms with Gasteiger partial charge in [-0.2, -0.15) is 0 Å². The van der Waals surface area contributed by atoms with Gasteiger partial charge in [0, 0.05) is 10.6 Å². The Balaban J connectivity index is 1.72. The van der Waals surface area contributed by atoms with E-state index in [1.54, 1.807) is 0 Å². The molecule has 4 N–H and O–H groups in total. The predicted octanol–water partition coefficient (Wildman–Crippen LogP) is 1.76. The van der Waals surface area contributed by atoms with Crippen LogP contribution in [0, 0.1) is 0 Å². The van der Waals surface area contributed by atoms with Crippen LogP contribution in [0.15, 0.2) is 46.1 Å². The molecule has 0 saturated carbocycles. The molecule has 1 aromatic heterocycles. The molecule has 1 unspecified atom stereocenters.